The van der Waals surface area contributed by atoms with Crippen LogP contribution in [0.5, 0.6) is 0 Å². The van der Waals surface area contributed by atoms with E-state index in [0.29, 0.717) is 21.5 Å². The van der Waals surface area contributed by atoms with Crippen LogP contribution < -0.4 is 4.90 Å². The molecule has 2 heterocycles. The Morgan fingerprint density at radius 1 is 1.19 bits per heavy atom. The summed E-state index contributed by atoms with van der Waals surface area (Å²) in [5, 5.41) is 1.13. The van der Waals surface area contributed by atoms with Gasteiger partial charge in [-0.05, 0) is 54.6 Å². The molecule has 0 aliphatic heterocycles. The van der Waals surface area contributed by atoms with Crippen molar-refractivity contribution in [3.05, 3.63) is 83.0 Å². The average Bonchev–Trinajstić information content (AvgIpc) is 3.28. The smallest absolute Gasteiger partial charge is 0.260 e. The molecule has 0 saturated heterocycles. The van der Waals surface area contributed by atoms with Crippen molar-refractivity contribution in [3.63, 3.8) is 0 Å². The maximum atomic E-state index is 13.2. The fourth-order valence-corrected chi connectivity index (χ4v) is 3.77. The number of halogens is 2. The summed E-state index contributed by atoms with van der Waals surface area (Å²) in [6.45, 7) is 0.219. The van der Waals surface area contributed by atoms with Crippen LogP contribution in [0.2, 0.25) is 5.02 Å². The highest BCUT2D eigenvalue weighted by Crippen LogP contribution is 2.32. The lowest BCUT2D eigenvalue weighted by molar-refractivity contribution is 0.0983. The number of hydrogen-bond acceptors (Lipinski definition) is 4. The highest BCUT2D eigenvalue weighted by Gasteiger charge is 2.22. The zero-order valence-corrected chi connectivity index (χ0v) is 14.9. The van der Waals surface area contributed by atoms with E-state index in [1.165, 1.54) is 40.5 Å². The minimum Gasteiger partial charge on any atom is -0.467 e. The maximum Gasteiger partial charge on any atom is 0.260 e. The molecular weight excluding hydrogens is 375 g/mol. The molecule has 0 aliphatic carbocycles. The van der Waals surface area contributed by atoms with Gasteiger partial charge in [-0.2, -0.15) is 0 Å². The lowest BCUT2D eigenvalue weighted by atomic mass is 10.2. The Morgan fingerprint density at radius 3 is 2.73 bits per heavy atom. The summed E-state index contributed by atoms with van der Waals surface area (Å²) in [5.41, 5.74) is 1.13. The number of hydrogen-bond donors (Lipinski definition) is 0. The first-order valence-electron chi connectivity index (χ1n) is 7.76. The van der Waals surface area contributed by atoms with Gasteiger partial charge in [0.25, 0.3) is 5.91 Å². The lowest BCUT2D eigenvalue weighted by Crippen LogP contribution is -2.30. The molecule has 0 aliphatic rings. The van der Waals surface area contributed by atoms with Crippen LogP contribution >= 0.6 is 22.9 Å². The maximum absolute atomic E-state index is 13.2. The highest BCUT2D eigenvalue weighted by atomic mass is 35.5. The number of nitrogens with zero attached hydrogens (tertiary/aromatic N) is 2. The summed E-state index contributed by atoms with van der Waals surface area (Å²) in [5.74, 6) is -0.0573. The van der Waals surface area contributed by atoms with Gasteiger partial charge in [0, 0.05) is 10.6 Å². The van der Waals surface area contributed by atoms with E-state index in [0.717, 1.165) is 10.2 Å². The Morgan fingerprint density at radius 2 is 2.00 bits per heavy atom. The molecule has 0 N–H and O–H groups in total. The molecular formula is C19H12ClFN2O2S. The molecule has 4 rings (SSSR count). The summed E-state index contributed by atoms with van der Waals surface area (Å²) >= 11 is 7.41. The zero-order chi connectivity index (χ0) is 18.1. The second-order valence-electron chi connectivity index (χ2n) is 5.59. The number of aromatic nitrogens is 1. The third-order valence-electron chi connectivity index (χ3n) is 3.80. The van der Waals surface area contributed by atoms with E-state index in [9.17, 15) is 9.18 Å². The summed E-state index contributed by atoms with van der Waals surface area (Å²) in [6.07, 6.45) is 1.55. The topological polar surface area (TPSA) is 46.3 Å². The SMILES string of the molecule is O=C(c1ccc(F)cc1)N(Cc1ccco1)c1nc2ccc(Cl)cc2s1. The van der Waals surface area contributed by atoms with Crippen molar-refractivity contribution in [1.29, 1.82) is 0 Å². The molecule has 0 unspecified atom stereocenters. The molecule has 0 fully saturated rings. The van der Waals surface area contributed by atoms with E-state index in [4.69, 9.17) is 16.0 Å². The van der Waals surface area contributed by atoms with Crippen molar-refractivity contribution in [1.82, 2.24) is 4.98 Å². The van der Waals surface area contributed by atoms with Crippen LogP contribution in [-0.2, 0) is 6.54 Å². The number of carbonyl (C=O) groups is 1. The number of amides is 1. The number of fused-ring (bicyclic) bond motifs is 1. The van der Waals surface area contributed by atoms with Crippen LogP contribution in [0, 0.1) is 5.82 Å². The first-order valence-corrected chi connectivity index (χ1v) is 8.95. The van der Waals surface area contributed by atoms with Crippen molar-refractivity contribution in [2.24, 2.45) is 0 Å². The Kier molecular flexibility index (Phi) is 4.44. The van der Waals surface area contributed by atoms with E-state index < -0.39 is 5.82 Å². The van der Waals surface area contributed by atoms with Gasteiger partial charge >= 0.3 is 0 Å². The molecule has 2 aromatic carbocycles. The van der Waals surface area contributed by atoms with Crippen molar-refractivity contribution in [2.75, 3.05) is 4.90 Å². The fourth-order valence-electron chi connectivity index (χ4n) is 2.53. The second kappa shape index (κ2) is 6.90. The minimum atomic E-state index is -0.395. The quantitative estimate of drug-likeness (QED) is 0.463. The number of furan rings is 1. The van der Waals surface area contributed by atoms with Gasteiger partial charge in [-0.25, -0.2) is 9.37 Å². The molecule has 2 aromatic heterocycles. The van der Waals surface area contributed by atoms with E-state index in [-0.39, 0.29) is 12.5 Å². The van der Waals surface area contributed by atoms with Crippen molar-refractivity contribution in [3.8, 4) is 0 Å². The number of carbonyl (C=O) groups excluding carboxylic acids is 1. The predicted molar refractivity (Wildman–Crippen MR) is 100 cm³/mol. The summed E-state index contributed by atoms with van der Waals surface area (Å²) in [4.78, 5) is 19.1. The molecule has 0 spiro atoms. The molecule has 7 heteroatoms. The monoisotopic (exact) mass is 386 g/mol. The fraction of sp³-hybridized carbons (Fsp3) is 0.0526. The van der Waals surface area contributed by atoms with Gasteiger partial charge in [0.1, 0.15) is 11.6 Å². The number of rotatable bonds is 4. The normalized spacial score (nSPS) is 11.0. The standard InChI is InChI=1S/C19H12ClFN2O2S/c20-13-5-8-16-17(10-13)26-19(22-16)23(11-15-2-1-9-25-15)18(24)12-3-6-14(21)7-4-12/h1-10H,11H2. The van der Waals surface area contributed by atoms with Crippen molar-refractivity contribution < 1.29 is 13.6 Å². The summed E-state index contributed by atoms with van der Waals surface area (Å²) < 4.78 is 19.5. The molecule has 0 atom stereocenters. The largest absolute Gasteiger partial charge is 0.467 e. The number of benzene rings is 2. The molecule has 1 amide bonds. The van der Waals surface area contributed by atoms with Gasteiger partial charge in [-0.3, -0.25) is 9.69 Å². The number of anilines is 1. The third kappa shape index (κ3) is 3.34. The van der Waals surface area contributed by atoms with Crippen LogP contribution in [0.15, 0.2) is 65.3 Å². The third-order valence-corrected chi connectivity index (χ3v) is 5.08. The second-order valence-corrected chi connectivity index (χ2v) is 7.03. The van der Waals surface area contributed by atoms with Crippen LogP contribution in [-0.4, -0.2) is 10.9 Å². The van der Waals surface area contributed by atoms with Gasteiger partial charge in [0.15, 0.2) is 5.13 Å². The van der Waals surface area contributed by atoms with Gasteiger partial charge in [-0.1, -0.05) is 22.9 Å². The highest BCUT2D eigenvalue weighted by molar-refractivity contribution is 7.22. The van der Waals surface area contributed by atoms with E-state index in [2.05, 4.69) is 4.98 Å². The Labute approximate surface area is 157 Å². The zero-order valence-electron chi connectivity index (χ0n) is 13.4. The molecule has 26 heavy (non-hydrogen) atoms. The van der Waals surface area contributed by atoms with Gasteiger partial charge in [0.05, 0.1) is 23.0 Å². The van der Waals surface area contributed by atoms with E-state index in [1.54, 1.807) is 24.5 Å². The van der Waals surface area contributed by atoms with Gasteiger partial charge in [-0.15, -0.1) is 0 Å². The molecule has 0 bridgehead atoms. The van der Waals surface area contributed by atoms with E-state index in [1.807, 2.05) is 12.1 Å². The van der Waals surface area contributed by atoms with E-state index >= 15 is 0 Å². The Balaban J connectivity index is 1.76. The Hall–Kier alpha value is -2.70. The van der Waals surface area contributed by atoms with Gasteiger partial charge in [0.2, 0.25) is 0 Å². The molecule has 0 saturated carbocycles. The molecule has 130 valence electrons. The van der Waals surface area contributed by atoms with Crippen LogP contribution in [0.1, 0.15) is 16.1 Å². The minimum absolute atomic E-state index is 0.219. The first-order chi connectivity index (χ1) is 12.6. The van der Waals surface area contributed by atoms with Crippen molar-refractivity contribution in [2.45, 2.75) is 6.54 Å². The van der Waals surface area contributed by atoms with Crippen LogP contribution in [0.25, 0.3) is 10.2 Å². The summed E-state index contributed by atoms with van der Waals surface area (Å²) in [7, 11) is 0. The average molecular weight is 387 g/mol. The first kappa shape index (κ1) is 16.8. The Bertz CT molecular complexity index is 1060. The predicted octanol–water partition coefficient (Wildman–Crippen LogP) is 5.53. The van der Waals surface area contributed by atoms with Crippen molar-refractivity contribution >= 4 is 44.2 Å². The number of thiazole rings is 1. The van der Waals surface area contributed by atoms with Crippen LogP contribution in [0.4, 0.5) is 9.52 Å². The molecule has 0 radical (unpaired) electrons. The van der Waals surface area contributed by atoms with Crippen LogP contribution in [0.3, 0.4) is 0 Å². The van der Waals surface area contributed by atoms with Gasteiger partial charge < -0.3 is 4.42 Å². The lowest BCUT2D eigenvalue weighted by Gasteiger charge is -2.18. The summed E-state index contributed by atoms with van der Waals surface area (Å²) in [6, 6.07) is 14.4. The molecule has 4 nitrogen and oxygen atoms in total. The molecule has 4 aromatic rings.